The molecular formula is C23H43NO2. The molecule has 3 heteroatoms. The zero-order chi connectivity index (χ0) is 18.8. The van der Waals surface area contributed by atoms with Gasteiger partial charge in [0, 0.05) is 29.8 Å². The summed E-state index contributed by atoms with van der Waals surface area (Å²) < 4.78 is 12.8. The van der Waals surface area contributed by atoms with Crippen LogP contribution in [0.25, 0.3) is 0 Å². The van der Waals surface area contributed by atoms with Gasteiger partial charge < -0.3 is 14.8 Å². The van der Waals surface area contributed by atoms with E-state index in [9.17, 15) is 0 Å². The molecule has 2 aliphatic heterocycles. The first-order valence-electron chi connectivity index (χ1n) is 11.3. The van der Waals surface area contributed by atoms with Crippen LogP contribution < -0.4 is 5.32 Å². The van der Waals surface area contributed by atoms with Crippen molar-refractivity contribution >= 4 is 0 Å². The summed E-state index contributed by atoms with van der Waals surface area (Å²) in [6.07, 6.45) is 13.2. The van der Waals surface area contributed by atoms with Crippen molar-refractivity contribution in [2.75, 3.05) is 13.2 Å². The first kappa shape index (κ1) is 20.6. The highest BCUT2D eigenvalue weighted by Gasteiger charge is 2.50. The Bertz CT molecular complexity index is 425. The Balaban J connectivity index is 1.42. The zero-order valence-electron chi connectivity index (χ0n) is 18.0. The van der Waals surface area contributed by atoms with Crippen LogP contribution in [-0.2, 0) is 9.47 Å². The SMILES string of the molecule is CCCC1CCC(CCC2COC3(CC(C)(C)NC(C)(C)C3)OC2)CC1. The number of hydrogen-bond donors (Lipinski definition) is 1. The van der Waals surface area contributed by atoms with Crippen molar-refractivity contribution in [3.05, 3.63) is 0 Å². The summed E-state index contributed by atoms with van der Waals surface area (Å²) in [6.45, 7) is 13.2. The maximum absolute atomic E-state index is 6.42. The lowest BCUT2D eigenvalue weighted by atomic mass is 9.77. The molecule has 0 aromatic heterocycles. The van der Waals surface area contributed by atoms with Gasteiger partial charge in [-0.25, -0.2) is 0 Å². The molecule has 0 unspecified atom stereocenters. The highest BCUT2D eigenvalue weighted by atomic mass is 16.7. The molecule has 3 nitrogen and oxygen atoms in total. The first-order valence-corrected chi connectivity index (χ1v) is 11.3. The van der Waals surface area contributed by atoms with Crippen molar-refractivity contribution in [1.29, 1.82) is 0 Å². The maximum Gasteiger partial charge on any atom is 0.171 e. The quantitative estimate of drug-likeness (QED) is 0.680. The summed E-state index contributed by atoms with van der Waals surface area (Å²) in [5.41, 5.74) is 0.122. The topological polar surface area (TPSA) is 30.5 Å². The van der Waals surface area contributed by atoms with Crippen LogP contribution in [0.2, 0.25) is 0 Å². The van der Waals surface area contributed by atoms with Gasteiger partial charge in [0.05, 0.1) is 13.2 Å². The van der Waals surface area contributed by atoms with Crippen molar-refractivity contribution in [3.63, 3.8) is 0 Å². The Morgan fingerprint density at radius 1 is 0.731 bits per heavy atom. The lowest BCUT2D eigenvalue weighted by Crippen LogP contribution is -2.66. The Morgan fingerprint density at radius 2 is 1.19 bits per heavy atom. The summed E-state index contributed by atoms with van der Waals surface area (Å²) in [7, 11) is 0. The predicted octanol–water partition coefficient (Wildman–Crippen LogP) is 5.67. The van der Waals surface area contributed by atoms with E-state index in [1.54, 1.807) is 0 Å². The standard InChI is InChI=1S/C23H43NO2/c1-6-7-18-8-10-19(11-9-18)12-13-20-14-25-23(26-15-20)16-21(2,3)24-22(4,5)17-23/h18-20,24H,6-17H2,1-5H3. The molecule has 26 heavy (non-hydrogen) atoms. The van der Waals surface area contributed by atoms with Gasteiger partial charge in [0.25, 0.3) is 0 Å². The average Bonchev–Trinajstić information content (AvgIpc) is 2.53. The van der Waals surface area contributed by atoms with E-state index in [4.69, 9.17) is 9.47 Å². The van der Waals surface area contributed by atoms with Gasteiger partial charge in [-0.1, -0.05) is 51.9 Å². The van der Waals surface area contributed by atoms with E-state index < -0.39 is 0 Å². The van der Waals surface area contributed by atoms with E-state index in [1.807, 2.05) is 0 Å². The molecule has 0 bridgehead atoms. The molecule has 3 aliphatic rings. The zero-order valence-corrected chi connectivity index (χ0v) is 18.0. The van der Waals surface area contributed by atoms with Crippen LogP contribution in [0.1, 0.15) is 98.8 Å². The molecule has 1 aliphatic carbocycles. The molecule has 0 atom stereocenters. The summed E-state index contributed by atoms with van der Waals surface area (Å²) in [5, 5.41) is 3.74. The second-order valence-corrected chi connectivity index (χ2v) is 10.9. The van der Waals surface area contributed by atoms with Crippen LogP contribution in [0, 0.1) is 17.8 Å². The van der Waals surface area contributed by atoms with Crippen molar-refractivity contribution in [3.8, 4) is 0 Å². The largest absolute Gasteiger partial charge is 0.349 e. The Hall–Kier alpha value is -0.120. The highest BCUT2D eigenvalue weighted by Crippen LogP contribution is 2.42. The molecule has 0 aromatic carbocycles. The fraction of sp³-hybridized carbons (Fsp3) is 1.00. The first-order chi connectivity index (χ1) is 12.2. The second kappa shape index (κ2) is 8.09. The third kappa shape index (κ3) is 5.45. The van der Waals surface area contributed by atoms with Gasteiger partial charge in [-0.3, -0.25) is 0 Å². The Morgan fingerprint density at radius 3 is 1.69 bits per heavy atom. The van der Waals surface area contributed by atoms with E-state index >= 15 is 0 Å². The maximum atomic E-state index is 6.42. The number of nitrogens with one attached hydrogen (secondary N) is 1. The molecule has 3 fully saturated rings. The van der Waals surface area contributed by atoms with Crippen molar-refractivity contribution < 1.29 is 9.47 Å². The van der Waals surface area contributed by atoms with E-state index in [1.165, 1.54) is 51.4 Å². The number of rotatable bonds is 5. The van der Waals surface area contributed by atoms with Crippen LogP contribution in [0.5, 0.6) is 0 Å². The van der Waals surface area contributed by atoms with Crippen molar-refractivity contribution in [1.82, 2.24) is 5.32 Å². The van der Waals surface area contributed by atoms with Gasteiger partial charge in [-0.15, -0.1) is 0 Å². The van der Waals surface area contributed by atoms with Crippen LogP contribution in [0.4, 0.5) is 0 Å². The van der Waals surface area contributed by atoms with E-state index in [2.05, 4.69) is 39.9 Å². The fourth-order valence-corrected chi connectivity index (χ4v) is 6.10. The summed E-state index contributed by atoms with van der Waals surface area (Å²) in [4.78, 5) is 0. The molecule has 2 saturated heterocycles. The average molecular weight is 366 g/mol. The number of ether oxygens (including phenoxy) is 2. The predicted molar refractivity (Wildman–Crippen MR) is 108 cm³/mol. The normalized spacial score (nSPS) is 34.0. The molecule has 1 spiro atoms. The summed E-state index contributed by atoms with van der Waals surface area (Å²) >= 11 is 0. The minimum absolute atomic E-state index is 0.0612. The van der Waals surface area contributed by atoms with Crippen molar-refractivity contribution in [2.24, 2.45) is 17.8 Å². The lowest BCUT2D eigenvalue weighted by molar-refractivity contribution is -0.311. The molecule has 1 N–H and O–H groups in total. The Kier molecular flexibility index (Phi) is 6.41. The lowest BCUT2D eigenvalue weighted by Gasteiger charge is -2.54. The van der Waals surface area contributed by atoms with Crippen molar-refractivity contribution in [2.45, 2.75) is 116 Å². The number of piperidine rings is 1. The summed E-state index contributed by atoms with van der Waals surface area (Å²) in [5.74, 6) is 2.20. The van der Waals surface area contributed by atoms with Crippen LogP contribution in [0.15, 0.2) is 0 Å². The van der Waals surface area contributed by atoms with E-state index in [-0.39, 0.29) is 16.9 Å². The van der Waals surface area contributed by atoms with Gasteiger partial charge in [0.2, 0.25) is 0 Å². The molecule has 3 rings (SSSR count). The minimum Gasteiger partial charge on any atom is -0.349 e. The molecule has 2 heterocycles. The number of hydrogen-bond acceptors (Lipinski definition) is 3. The summed E-state index contributed by atoms with van der Waals surface area (Å²) in [6, 6.07) is 0. The third-order valence-corrected chi connectivity index (χ3v) is 6.91. The van der Waals surface area contributed by atoms with Gasteiger partial charge in [-0.05, 0) is 46.0 Å². The molecule has 0 radical (unpaired) electrons. The third-order valence-electron chi connectivity index (χ3n) is 6.91. The van der Waals surface area contributed by atoms with Crippen LogP contribution in [-0.4, -0.2) is 30.1 Å². The Labute approximate surface area is 162 Å². The molecule has 1 saturated carbocycles. The van der Waals surface area contributed by atoms with Gasteiger partial charge in [-0.2, -0.15) is 0 Å². The second-order valence-electron chi connectivity index (χ2n) is 10.9. The molecule has 152 valence electrons. The van der Waals surface area contributed by atoms with Crippen LogP contribution in [0.3, 0.4) is 0 Å². The minimum atomic E-state index is -0.368. The highest BCUT2D eigenvalue weighted by molar-refractivity contribution is 5.02. The molecular weight excluding hydrogens is 322 g/mol. The van der Waals surface area contributed by atoms with E-state index in [0.29, 0.717) is 5.92 Å². The van der Waals surface area contributed by atoms with Gasteiger partial charge >= 0.3 is 0 Å². The van der Waals surface area contributed by atoms with E-state index in [0.717, 1.165) is 37.9 Å². The smallest absolute Gasteiger partial charge is 0.171 e. The fourth-order valence-electron chi connectivity index (χ4n) is 6.10. The molecule has 0 aromatic rings. The van der Waals surface area contributed by atoms with Gasteiger partial charge in [0.15, 0.2) is 5.79 Å². The van der Waals surface area contributed by atoms with Gasteiger partial charge in [0.1, 0.15) is 0 Å². The molecule has 0 amide bonds. The van der Waals surface area contributed by atoms with Crippen LogP contribution >= 0.6 is 0 Å². The monoisotopic (exact) mass is 365 g/mol.